The van der Waals surface area contributed by atoms with Gasteiger partial charge in [-0.1, -0.05) is 15.9 Å². The quantitative estimate of drug-likeness (QED) is 0.488. The van der Waals surface area contributed by atoms with Gasteiger partial charge in [0.25, 0.3) is 0 Å². The van der Waals surface area contributed by atoms with Gasteiger partial charge < -0.3 is 16.2 Å². The lowest BCUT2D eigenvalue weighted by molar-refractivity contribution is 0.337. The van der Waals surface area contributed by atoms with Crippen LogP contribution in [0.5, 0.6) is 5.75 Å². The fourth-order valence-electron chi connectivity index (χ4n) is 1.13. The molecule has 0 saturated heterocycles. The van der Waals surface area contributed by atoms with Crippen LogP contribution in [0, 0.1) is 0 Å². The lowest BCUT2D eigenvalue weighted by Crippen LogP contribution is -2.21. The lowest BCUT2D eigenvalue weighted by atomic mass is 10.2. The van der Waals surface area contributed by atoms with Crippen LogP contribution in [0.1, 0.15) is 12.5 Å². The molecule has 0 aromatic heterocycles. The second-order valence-electron chi connectivity index (χ2n) is 3.01. The number of hydrogen-bond donors (Lipinski definition) is 2. The average molecular weight is 364 g/mol. The Labute approximate surface area is 116 Å². The Morgan fingerprint density at radius 1 is 1.41 bits per heavy atom. The van der Waals surface area contributed by atoms with E-state index in [1.54, 1.807) is 0 Å². The van der Waals surface area contributed by atoms with E-state index in [0.717, 1.165) is 14.5 Å². The van der Waals surface area contributed by atoms with Gasteiger partial charge in [0.05, 0.1) is 17.3 Å². The second-order valence-corrected chi connectivity index (χ2v) is 4.78. The Hall–Kier alpha value is -1.08. The van der Waals surface area contributed by atoms with E-state index in [4.69, 9.17) is 16.2 Å². The number of ether oxygens (including phenoxy) is 1. The van der Waals surface area contributed by atoms with Gasteiger partial charge in [-0.15, -0.1) is 5.10 Å². The topological polar surface area (TPSA) is 86.0 Å². The van der Waals surface area contributed by atoms with E-state index in [0.29, 0.717) is 12.4 Å². The highest BCUT2D eigenvalue weighted by Gasteiger charge is 2.08. The monoisotopic (exact) mass is 362 g/mol. The molecule has 0 atom stereocenters. The number of guanidine groups is 1. The maximum atomic E-state index is 5.51. The molecule has 0 bridgehead atoms. The van der Waals surface area contributed by atoms with Crippen LogP contribution in [-0.2, 0) is 0 Å². The van der Waals surface area contributed by atoms with Gasteiger partial charge in [-0.2, -0.15) is 5.10 Å². The van der Waals surface area contributed by atoms with Crippen molar-refractivity contribution in [1.82, 2.24) is 0 Å². The standard InChI is InChI=1S/C10H12Br2N4O/c1-2-17-9-6(5-15-16-10(13)14)3-7(11)4-8(9)12/h3-5H,2H2,1H3,(H4,13,14,16). The minimum atomic E-state index is -0.0896. The molecule has 0 saturated carbocycles. The second kappa shape index (κ2) is 6.61. The third-order valence-electron chi connectivity index (χ3n) is 1.70. The smallest absolute Gasteiger partial charge is 0.211 e. The summed E-state index contributed by atoms with van der Waals surface area (Å²) in [6, 6.07) is 3.75. The van der Waals surface area contributed by atoms with Gasteiger partial charge in [-0.05, 0) is 35.0 Å². The van der Waals surface area contributed by atoms with Gasteiger partial charge in [0.15, 0.2) is 0 Å². The van der Waals surface area contributed by atoms with E-state index < -0.39 is 0 Å². The van der Waals surface area contributed by atoms with E-state index in [2.05, 4.69) is 42.1 Å². The molecule has 92 valence electrons. The summed E-state index contributed by atoms with van der Waals surface area (Å²) in [7, 11) is 0. The van der Waals surface area contributed by atoms with E-state index in [-0.39, 0.29) is 5.96 Å². The molecule has 1 aromatic rings. The van der Waals surface area contributed by atoms with Crippen molar-refractivity contribution in [2.75, 3.05) is 6.61 Å². The van der Waals surface area contributed by atoms with Crippen molar-refractivity contribution in [2.24, 2.45) is 21.7 Å². The molecule has 0 fully saturated rings. The van der Waals surface area contributed by atoms with Crippen LogP contribution in [0.4, 0.5) is 0 Å². The number of benzene rings is 1. The predicted octanol–water partition coefficient (Wildman–Crippen LogP) is 2.22. The zero-order valence-corrected chi connectivity index (χ0v) is 12.3. The molecular weight excluding hydrogens is 352 g/mol. The summed E-state index contributed by atoms with van der Waals surface area (Å²) in [4.78, 5) is 0. The zero-order chi connectivity index (χ0) is 12.8. The van der Waals surface area contributed by atoms with Crippen LogP contribution >= 0.6 is 31.9 Å². The maximum absolute atomic E-state index is 5.51. The molecular formula is C10H12Br2N4O. The first kappa shape index (κ1) is 14.0. The third kappa shape index (κ3) is 4.35. The van der Waals surface area contributed by atoms with Crippen molar-refractivity contribution in [3.8, 4) is 5.75 Å². The average Bonchev–Trinajstić information content (AvgIpc) is 2.22. The van der Waals surface area contributed by atoms with Crippen LogP contribution in [0.2, 0.25) is 0 Å². The zero-order valence-electron chi connectivity index (χ0n) is 9.15. The van der Waals surface area contributed by atoms with E-state index in [9.17, 15) is 0 Å². The predicted molar refractivity (Wildman–Crippen MR) is 76.4 cm³/mol. The molecule has 7 heteroatoms. The molecule has 4 N–H and O–H groups in total. The van der Waals surface area contributed by atoms with Crippen molar-refractivity contribution in [3.63, 3.8) is 0 Å². The van der Waals surface area contributed by atoms with Gasteiger partial charge in [0, 0.05) is 10.0 Å². The normalized spacial score (nSPS) is 10.5. The molecule has 0 aliphatic heterocycles. The Kier molecular flexibility index (Phi) is 5.43. The Bertz CT molecular complexity index is 456. The van der Waals surface area contributed by atoms with Crippen molar-refractivity contribution in [3.05, 3.63) is 26.6 Å². The van der Waals surface area contributed by atoms with Gasteiger partial charge >= 0.3 is 0 Å². The molecule has 0 aliphatic rings. The molecule has 0 aliphatic carbocycles. The molecule has 0 unspecified atom stereocenters. The highest BCUT2D eigenvalue weighted by Crippen LogP contribution is 2.32. The van der Waals surface area contributed by atoms with E-state index >= 15 is 0 Å². The Morgan fingerprint density at radius 2 is 2.12 bits per heavy atom. The number of hydrogen-bond acceptors (Lipinski definition) is 3. The molecule has 1 aromatic carbocycles. The Balaban J connectivity index is 3.11. The van der Waals surface area contributed by atoms with E-state index in [1.165, 1.54) is 6.21 Å². The first-order valence-corrected chi connectivity index (χ1v) is 6.37. The van der Waals surface area contributed by atoms with Crippen LogP contribution in [0.25, 0.3) is 0 Å². The molecule has 17 heavy (non-hydrogen) atoms. The molecule has 5 nitrogen and oxygen atoms in total. The molecule has 1 rings (SSSR count). The van der Waals surface area contributed by atoms with Crippen LogP contribution in [-0.4, -0.2) is 18.8 Å². The van der Waals surface area contributed by atoms with Crippen molar-refractivity contribution in [1.29, 1.82) is 0 Å². The summed E-state index contributed by atoms with van der Waals surface area (Å²) in [5, 5.41) is 7.29. The summed E-state index contributed by atoms with van der Waals surface area (Å²) < 4.78 is 7.25. The number of rotatable bonds is 4. The highest BCUT2D eigenvalue weighted by atomic mass is 79.9. The minimum absolute atomic E-state index is 0.0896. The first-order valence-electron chi connectivity index (χ1n) is 4.78. The van der Waals surface area contributed by atoms with Crippen molar-refractivity contribution < 1.29 is 4.74 Å². The summed E-state index contributed by atoms with van der Waals surface area (Å²) in [5.41, 5.74) is 11.1. The summed E-state index contributed by atoms with van der Waals surface area (Å²) in [6.07, 6.45) is 1.53. The molecule has 0 radical (unpaired) electrons. The number of nitrogens with zero attached hydrogens (tertiary/aromatic N) is 2. The lowest BCUT2D eigenvalue weighted by Gasteiger charge is -2.09. The fourth-order valence-corrected chi connectivity index (χ4v) is 2.50. The van der Waals surface area contributed by atoms with Gasteiger partial charge in [-0.3, -0.25) is 0 Å². The molecule has 0 heterocycles. The highest BCUT2D eigenvalue weighted by molar-refractivity contribution is 9.11. The third-order valence-corrected chi connectivity index (χ3v) is 2.74. The van der Waals surface area contributed by atoms with Crippen LogP contribution < -0.4 is 16.2 Å². The van der Waals surface area contributed by atoms with Crippen molar-refractivity contribution >= 4 is 44.0 Å². The van der Waals surface area contributed by atoms with Gasteiger partial charge in [0.2, 0.25) is 5.96 Å². The molecule has 0 spiro atoms. The van der Waals surface area contributed by atoms with Gasteiger partial charge in [-0.25, -0.2) is 0 Å². The summed E-state index contributed by atoms with van der Waals surface area (Å²) in [5.74, 6) is 0.610. The van der Waals surface area contributed by atoms with Gasteiger partial charge in [0.1, 0.15) is 5.75 Å². The first-order chi connectivity index (χ1) is 8.04. The Morgan fingerprint density at radius 3 is 2.71 bits per heavy atom. The number of halogens is 2. The molecule has 0 amide bonds. The maximum Gasteiger partial charge on any atom is 0.211 e. The van der Waals surface area contributed by atoms with Crippen LogP contribution in [0.15, 0.2) is 31.3 Å². The van der Waals surface area contributed by atoms with Crippen molar-refractivity contribution in [2.45, 2.75) is 6.92 Å². The summed E-state index contributed by atoms with van der Waals surface area (Å²) in [6.45, 7) is 2.47. The minimum Gasteiger partial charge on any atom is -0.492 e. The fraction of sp³-hybridized carbons (Fsp3) is 0.200. The SMILES string of the molecule is CCOc1c(Br)cc(Br)cc1C=NN=C(N)N. The summed E-state index contributed by atoms with van der Waals surface area (Å²) >= 11 is 6.80. The number of nitrogens with two attached hydrogens (primary N) is 2. The van der Waals surface area contributed by atoms with Crippen LogP contribution in [0.3, 0.4) is 0 Å². The van der Waals surface area contributed by atoms with E-state index in [1.807, 2.05) is 19.1 Å². The largest absolute Gasteiger partial charge is 0.492 e.